The standard InChI is InChI=1S/C23H19FN4O5S/c24-14-5-3-13(4-6-14)21-26-20(33-27-21)11-34-23-25-17-9-19-18(31-12-32-19)8-16(17)22(29)28(23)10-15-2-1-7-30-15/h3-6,8-9,15H,1-2,7,10-12H2/t15-/m0/s1. The van der Waals surface area contributed by atoms with Gasteiger partial charge < -0.3 is 18.7 Å². The summed E-state index contributed by atoms with van der Waals surface area (Å²) in [6.07, 6.45) is 1.81. The molecule has 1 atom stereocenters. The van der Waals surface area contributed by atoms with Gasteiger partial charge in [-0.25, -0.2) is 9.37 Å². The molecule has 2 aliphatic rings. The lowest BCUT2D eigenvalue weighted by molar-refractivity contribution is 0.0937. The van der Waals surface area contributed by atoms with Crippen LogP contribution in [0, 0.1) is 5.82 Å². The Kier molecular flexibility index (Phi) is 5.42. The van der Waals surface area contributed by atoms with Gasteiger partial charge in [-0.2, -0.15) is 4.98 Å². The van der Waals surface area contributed by atoms with Gasteiger partial charge in [0.2, 0.25) is 18.5 Å². The molecule has 4 heterocycles. The number of ether oxygens (including phenoxy) is 3. The number of rotatable bonds is 6. The number of benzene rings is 2. The van der Waals surface area contributed by atoms with Crippen LogP contribution in [0.5, 0.6) is 11.5 Å². The zero-order valence-corrected chi connectivity index (χ0v) is 18.7. The van der Waals surface area contributed by atoms with Crippen LogP contribution in [-0.2, 0) is 17.0 Å². The predicted octanol–water partition coefficient (Wildman–Crippen LogP) is 3.79. The number of fused-ring (bicyclic) bond motifs is 2. The Morgan fingerprint density at radius 1 is 1.12 bits per heavy atom. The van der Waals surface area contributed by atoms with Gasteiger partial charge in [-0.3, -0.25) is 9.36 Å². The third kappa shape index (κ3) is 4.01. The van der Waals surface area contributed by atoms with Crippen LogP contribution < -0.4 is 15.0 Å². The van der Waals surface area contributed by atoms with Crippen LogP contribution in [-0.4, -0.2) is 39.2 Å². The van der Waals surface area contributed by atoms with E-state index in [4.69, 9.17) is 23.7 Å². The Morgan fingerprint density at radius 3 is 2.74 bits per heavy atom. The minimum Gasteiger partial charge on any atom is -0.454 e. The monoisotopic (exact) mass is 482 g/mol. The average Bonchev–Trinajstić information content (AvgIpc) is 3.61. The third-order valence-electron chi connectivity index (χ3n) is 5.72. The minimum absolute atomic E-state index is 0.0428. The minimum atomic E-state index is -0.336. The van der Waals surface area contributed by atoms with E-state index in [0.717, 1.165) is 12.8 Å². The summed E-state index contributed by atoms with van der Waals surface area (Å²) in [5.74, 6) is 1.81. The summed E-state index contributed by atoms with van der Waals surface area (Å²) in [4.78, 5) is 22.6. The van der Waals surface area contributed by atoms with E-state index in [1.165, 1.54) is 23.9 Å². The first-order chi connectivity index (χ1) is 16.6. The molecular formula is C23H19FN4O5S. The normalized spacial score (nSPS) is 17.0. The lowest BCUT2D eigenvalue weighted by Crippen LogP contribution is -2.28. The number of halogens is 1. The fourth-order valence-corrected chi connectivity index (χ4v) is 4.86. The maximum atomic E-state index is 13.4. The second kappa shape index (κ2) is 8.73. The molecule has 6 rings (SSSR count). The number of hydrogen-bond donors (Lipinski definition) is 0. The number of aromatic nitrogens is 4. The molecule has 2 aromatic heterocycles. The molecule has 11 heteroatoms. The number of hydrogen-bond acceptors (Lipinski definition) is 9. The van der Waals surface area contributed by atoms with E-state index in [0.29, 0.717) is 63.7 Å². The lowest BCUT2D eigenvalue weighted by atomic mass is 10.2. The largest absolute Gasteiger partial charge is 0.454 e. The SMILES string of the molecule is O=c1c2cc3c(cc2nc(SCc2nc(-c4ccc(F)cc4)no2)n1C[C@@H]1CCCO1)OCO3. The average molecular weight is 482 g/mol. The van der Waals surface area contributed by atoms with Crippen molar-refractivity contribution in [3.8, 4) is 22.9 Å². The van der Waals surface area contributed by atoms with Crippen LogP contribution >= 0.6 is 11.8 Å². The highest BCUT2D eigenvalue weighted by Gasteiger charge is 2.23. The molecule has 2 aromatic carbocycles. The van der Waals surface area contributed by atoms with E-state index in [9.17, 15) is 9.18 Å². The molecule has 4 aromatic rings. The first-order valence-electron chi connectivity index (χ1n) is 10.8. The first-order valence-corrected chi connectivity index (χ1v) is 11.8. The Labute approximate surface area is 196 Å². The molecule has 0 unspecified atom stereocenters. The van der Waals surface area contributed by atoms with E-state index in [1.807, 2.05) is 0 Å². The van der Waals surface area contributed by atoms with Crippen molar-refractivity contribution in [1.29, 1.82) is 0 Å². The molecule has 1 fully saturated rings. The van der Waals surface area contributed by atoms with Crippen LogP contribution in [0.15, 0.2) is 50.9 Å². The van der Waals surface area contributed by atoms with Crippen LogP contribution in [0.25, 0.3) is 22.3 Å². The van der Waals surface area contributed by atoms with E-state index in [2.05, 4.69) is 10.1 Å². The first kappa shape index (κ1) is 21.1. The Bertz CT molecular complexity index is 1420. The number of nitrogens with zero attached hydrogens (tertiary/aromatic N) is 4. The maximum Gasteiger partial charge on any atom is 0.262 e. The van der Waals surface area contributed by atoms with Crippen molar-refractivity contribution >= 4 is 22.7 Å². The molecule has 2 aliphatic heterocycles. The third-order valence-corrected chi connectivity index (χ3v) is 6.68. The van der Waals surface area contributed by atoms with Gasteiger partial charge in [0.25, 0.3) is 5.56 Å². The Hall–Kier alpha value is -3.44. The summed E-state index contributed by atoms with van der Waals surface area (Å²) < 4.78 is 36.9. The van der Waals surface area contributed by atoms with Gasteiger partial charge in [0.15, 0.2) is 16.7 Å². The molecule has 0 spiro atoms. The summed E-state index contributed by atoms with van der Waals surface area (Å²) in [7, 11) is 0. The van der Waals surface area contributed by atoms with Gasteiger partial charge in [-0.05, 0) is 43.2 Å². The Morgan fingerprint density at radius 2 is 1.94 bits per heavy atom. The lowest BCUT2D eigenvalue weighted by Gasteiger charge is -2.16. The van der Waals surface area contributed by atoms with Crippen molar-refractivity contribution in [1.82, 2.24) is 19.7 Å². The molecule has 0 saturated carbocycles. The quantitative estimate of drug-likeness (QED) is 0.300. The van der Waals surface area contributed by atoms with Gasteiger partial charge >= 0.3 is 0 Å². The molecule has 34 heavy (non-hydrogen) atoms. The molecule has 0 aliphatic carbocycles. The van der Waals surface area contributed by atoms with Crippen LogP contribution in [0.2, 0.25) is 0 Å². The molecule has 1 saturated heterocycles. The predicted molar refractivity (Wildman–Crippen MR) is 120 cm³/mol. The molecule has 0 radical (unpaired) electrons. The summed E-state index contributed by atoms with van der Waals surface area (Å²) in [5.41, 5.74) is 1.01. The molecular weight excluding hydrogens is 463 g/mol. The number of thioether (sulfide) groups is 1. The van der Waals surface area contributed by atoms with E-state index in [-0.39, 0.29) is 24.3 Å². The van der Waals surface area contributed by atoms with Crippen molar-refractivity contribution in [2.45, 2.75) is 36.4 Å². The van der Waals surface area contributed by atoms with Gasteiger partial charge in [-0.15, -0.1) is 0 Å². The highest BCUT2D eigenvalue weighted by Crippen LogP contribution is 2.35. The highest BCUT2D eigenvalue weighted by molar-refractivity contribution is 7.98. The highest BCUT2D eigenvalue weighted by atomic mass is 32.2. The molecule has 0 amide bonds. The van der Waals surface area contributed by atoms with E-state index < -0.39 is 0 Å². The Balaban J connectivity index is 1.32. The maximum absolute atomic E-state index is 13.4. The zero-order chi connectivity index (χ0) is 23.1. The molecule has 0 N–H and O–H groups in total. The summed E-state index contributed by atoms with van der Waals surface area (Å²) in [6.45, 7) is 1.21. The second-order valence-corrected chi connectivity index (χ2v) is 8.92. The van der Waals surface area contributed by atoms with E-state index in [1.54, 1.807) is 28.8 Å². The van der Waals surface area contributed by atoms with Crippen molar-refractivity contribution in [3.05, 3.63) is 58.5 Å². The van der Waals surface area contributed by atoms with Gasteiger partial charge in [0.1, 0.15) is 5.82 Å². The topological polar surface area (TPSA) is 102 Å². The smallest absolute Gasteiger partial charge is 0.262 e. The fourth-order valence-electron chi connectivity index (χ4n) is 4.01. The molecule has 9 nitrogen and oxygen atoms in total. The van der Waals surface area contributed by atoms with Crippen molar-refractivity contribution in [2.75, 3.05) is 13.4 Å². The van der Waals surface area contributed by atoms with Gasteiger partial charge in [0.05, 0.1) is 29.3 Å². The molecule has 0 bridgehead atoms. The van der Waals surface area contributed by atoms with Crippen molar-refractivity contribution in [3.63, 3.8) is 0 Å². The second-order valence-electron chi connectivity index (χ2n) is 7.98. The van der Waals surface area contributed by atoms with Gasteiger partial charge in [0, 0.05) is 18.2 Å². The van der Waals surface area contributed by atoms with Crippen LogP contribution in [0.3, 0.4) is 0 Å². The van der Waals surface area contributed by atoms with Gasteiger partial charge in [-0.1, -0.05) is 16.9 Å². The summed E-state index contributed by atoms with van der Waals surface area (Å²) >= 11 is 1.32. The summed E-state index contributed by atoms with van der Waals surface area (Å²) in [5, 5.41) is 4.96. The van der Waals surface area contributed by atoms with Crippen LogP contribution in [0.1, 0.15) is 18.7 Å². The zero-order valence-electron chi connectivity index (χ0n) is 17.9. The van der Waals surface area contributed by atoms with Crippen LogP contribution in [0.4, 0.5) is 4.39 Å². The summed E-state index contributed by atoms with van der Waals surface area (Å²) in [6, 6.07) is 9.26. The van der Waals surface area contributed by atoms with Crippen molar-refractivity contribution in [2.24, 2.45) is 0 Å². The fraction of sp³-hybridized carbons (Fsp3) is 0.304. The van der Waals surface area contributed by atoms with E-state index >= 15 is 0 Å². The molecule has 174 valence electrons. The van der Waals surface area contributed by atoms with Crippen molar-refractivity contribution < 1.29 is 23.1 Å².